The van der Waals surface area contributed by atoms with Gasteiger partial charge in [0.05, 0.1) is 5.69 Å². The van der Waals surface area contributed by atoms with E-state index in [1.165, 1.54) is 11.3 Å². The molecule has 7 heteroatoms. The third-order valence-electron chi connectivity index (χ3n) is 3.26. The molecule has 0 atom stereocenters. The molecule has 2 aromatic rings. The fourth-order valence-electron chi connectivity index (χ4n) is 2.29. The van der Waals surface area contributed by atoms with Gasteiger partial charge in [-0.3, -0.25) is 4.79 Å². The first kappa shape index (κ1) is 13.6. The van der Waals surface area contributed by atoms with E-state index in [4.69, 9.17) is 11.5 Å². The molecule has 0 spiro atoms. The molecule has 4 N–H and O–H groups in total. The summed E-state index contributed by atoms with van der Waals surface area (Å²) in [6, 6.07) is 7.79. The molecule has 0 saturated carbocycles. The molecule has 1 aromatic carbocycles. The minimum atomic E-state index is -0.00112. The van der Waals surface area contributed by atoms with Crippen LogP contribution in [0.5, 0.6) is 0 Å². The molecule has 1 fully saturated rings. The number of anilines is 1. The Morgan fingerprint density at radius 1 is 1.29 bits per heavy atom. The molecule has 3 rings (SSSR count). The Morgan fingerprint density at radius 3 is 2.67 bits per heavy atom. The number of aromatic nitrogens is 1. The molecule has 1 amide bonds. The van der Waals surface area contributed by atoms with Crippen LogP contribution in [0.1, 0.15) is 12.8 Å². The lowest BCUT2D eigenvalue weighted by Crippen LogP contribution is -2.23. The van der Waals surface area contributed by atoms with Gasteiger partial charge in [-0.1, -0.05) is 12.1 Å². The van der Waals surface area contributed by atoms with E-state index in [1.807, 2.05) is 34.5 Å². The minimum absolute atomic E-state index is 0.00112. The molecular formula is C14H15N5OS. The Bertz CT molecular complexity index is 688. The van der Waals surface area contributed by atoms with Crippen LogP contribution in [0.2, 0.25) is 0 Å². The van der Waals surface area contributed by atoms with Crippen LogP contribution >= 0.6 is 11.3 Å². The van der Waals surface area contributed by atoms with E-state index in [9.17, 15) is 4.79 Å². The van der Waals surface area contributed by atoms with Gasteiger partial charge >= 0.3 is 0 Å². The summed E-state index contributed by atoms with van der Waals surface area (Å²) in [5.74, 6) is 0.185. The van der Waals surface area contributed by atoms with Crippen LogP contribution < -0.4 is 16.4 Å². The van der Waals surface area contributed by atoms with Gasteiger partial charge in [-0.05, 0) is 18.6 Å². The molecule has 6 nitrogen and oxygen atoms in total. The summed E-state index contributed by atoms with van der Waals surface area (Å²) in [7, 11) is 0. The van der Waals surface area contributed by atoms with Crippen LogP contribution in [0, 0.1) is 0 Å². The van der Waals surface area contributed by atoms with Crippen molar-refractivity contribution in [3.63, 3.8) is 0 Å². The number of guanidine groups is 1. The van der Waals surface area contributed by atoms with Crippen LogP contribution in [-0.2, 0) is 4.79 Å². The monoisotopic (exact) mass is 301 g/mol. The number of aliphatic imine (C=N–C) groups is 1. The smallest absolute Gasteiger partial charge is 0.227 e. The number of hydrogen-bond donors (Lipinski definition) is 2. The van der Waals surface area contributed by atoms with E-state index < -0.39 is 0 Å². The molecule has 0 radical (unpaired) electrons. The normalized spacial score (nSPS) is 14.5. The van der Waals surface area contributed by atoms with Crippen LogP contribution in [-0.4, -0.2) is 23.4 Å². The molecule has 1 aromatic heterocycles. The summed E-state index contributed by atoms with van der Waals surface area (Å²) in [5, 5.41) is 2.43. The maximum absolute atomic E-state index is 11.7. The van der Waals surface area contributed by atoms with Crippen molar-refractivity contribution < 1.29 is 4.79 Å². The number of benzene rings is 1. The minimum Gasteiger partial charge on any atom is -0.370 e. The van der Waals surface area contributed by atoms with Crippen LogP contribution in [0.15, 0.2) is 34.6 Å². The Morgan fingerprint density at radius 2 is 2.05 bits per heavy atom. The number of carbonyl (C=O) groups excluding carboxylic acids is 1. The molecule has 0 aliphatic carbocycles. The molecular weight excluding hydrogens is 286 g/mol. The zero-order valence-electron chi connectivity index (χ0n) is 11.3. The Balaban J connectivity index is 1.82. The molecule has 1 aliphatic heterocycles. The van der Waals surface area contributed by atoms with E-state index in [-0.39, 0.29) is 11.9 Å². The summed E-state index contributed by atoms with van der Waals surface area (Å²) in [6.07, 6.45) is 1.56. The predicted molar refractivity (Wildman–Crippen MR) is 84.6 cm³/mol. The van der Waals surface area contributed by atoms with Gasteiger partial charge in [-0.25, -0.2) is 4.98 Å². The maximum atomic E-state index is 11.7. The van der Waals surface area contributed by atoms with Gasteiger partial charge in [0.15, 0.2) is 5.96 Å². The molecule has 0 bridgehead atoms. The fourth-order valence-corrected chi connectivity index (χ4v) is 3.01. The molecule has 2 heterocycles. The van der Waals surface area contributed by atoms with Crippen molar-refractivity contribution in [3.8, 4) is 11.3 Å². The van der Waals surface area contributed by atoms with Gasteiger partial charge in [0, 0.05) is 29.6 Å². The second-order valence-electron chi connectivity index (χ2n) is 4.75. The third kappa shape index (κ3) is 2.87. The second kappa shape index (κ2) is 5.53. The summed E-state index contributed by atoms with van der Waals surface area (Å²) in [5.41, 5.74) is 13.4. The van der Waals surface area contributed by atoms with Crippen molar-refractivity contribution in [1.82, 2.24) is 4.98 Å². The topological polar surface area (TPSA) is 97.6 Å². The number of hydrogen-bond acceptors (Lipinski definition) is 4. The van der Waals surface area contributed by atoms with Gasteiger partial charge in [-0.2, -0.15) is 4.99 Å². The van der Waals surface area contributed by atoms with Gasteiger partial charge in [0.2, 0.25) is 11.0 Å². The SMILES string of the molecule is NC(N)=Nc1nc(-c2ccc(N3CCCC3=O)cc2)cs1. The highest BCUT2D eigenvalue weighted by Gasteiger charge is 2.21. The lowest BCUT2D eigenvalue weighted by molar-refractivity contribution is -0.117. The first-order valence-corrected chi connectivity index (χ1v) is 7.47. The zero-order chi connectivity index (χ0) is 14.8. The number of amides is 1. The van der Waals surface area contributed by atoms with Crippen molar-refractivity contribution in [2.75, 3.05) is 11.4 Å². The van der Waals surface area contributed by atoms with E-state index in [1.54, 1.807) is 0 Å². The third-order valence-corrected chi connectivity index (χ3v) is 4.00. The van der Waals surface area contributed by atoms with Crippen molar-refractivity contribution >= 4 is 34.0 Å². The van der Waals surface area contributed by atoms with Crippen LogP contribution in [0.4, 0.5) is 10.8 Å². The molecule has 0 unspecified atom stereocenters. The zero-order valence-corrected chi connectivity index (χ0v) is 12.1. The molecule has 108 valence electrons. The van der Waals surface area contributed by atoms with E-state index in [0.29, 0.717) is 11.6 Å². The standard InChI is InChI=1S/C14H15N5OS/c15-13(16)18-14-17-11(8-21-14)9-3-5-10(6-4-9)19-7-1-2-12(19)20/h3-6,8H,1-2,7H2,(H4,15,16,17,18). The van der Waals surface area contributed by atoms with Crippen LogP contribution in [0.25, 0.3) is 11.3 Å². The van der Waals surface area contributed by atoms with Crippen molar-refractivity contribution in [3.05, 3.63) is 29.6 Å². The summed E-state index contributed by atoms with van der Waals surface area (Å²) in [4.78, 5) is 21.8. The summed E-state index contributed by atoms with van der Waals surface area (Å²) >= 11 is 1.38. The largest absolute Gasteiger partial charge is 0.370 e. The fraction of sp³-hybridized carbons (Fsp3) is 0.214. The van der Waals surface area contributed by atoms with Crippen molar-refractivity contribution in [2.24, 2.45) is 16.5 Å². The van der Waals surface area contributed by atoms with E-state index in [2.05, 4.69) is 9.98 Å². The summed E-state index contributed by atoms with van der Waals surface area (Å²) < 4.78 is 0. The molecule has 21 heavy (non-hydrogen) atoms. The lowest BCUT2D eigenvalue weighted by atomic mass is 10.1. The number of carbonyl (C=O) groups is 1. The second-order valence-corrected chi connectivity index (χ2v) is 5.58. The van der Waals surface area contributed by atoms with Gasteiger partial charge < -0.3 is 16.4 Å². The highest BCUT2D eigenvalue weighted by Crippen LogP contribution is 2.29. The molecule has 1 aliphatic rings. The number of rotatable bonds is 3. The van der Waals surface area contributed by atoms with Gasteiger partial charge in [0.1, 0.15) is 0 Å². The maximum Gasteiger partial charge on any atom is 0.227 e. The predicted octanol–water partition coefficient (Wildman–Crippen LogP) is 1.84. The average molecular weight is 301 g/mol. The highest BCUT2D eigenvalue weighted by atomic mass is 32.1. The number of thiazole rings is 1. The summed E-state index contributed by atoms with van der Waals surface area (Å²) in [6.45, 7) is 0.795. The Hall–Kier alpha value is -2.41. The van der Waals surface area contributed by atoms with Crippen molar-refractivity contribution in [2.45, 2.75) is 12.8 Å². The average Bonchev–Trinajstić information content (AvgIpc) is 3.07. The van der Waals surface area contributed by atoms with E-state index >= 15 is 0 Å². The number of nitrogens with zero attached hydrogens (tertiary/aromatic N) is 3. The Labute approximate surface area is 126 Å². The molecule has 1 saturated heterocycles. The highest BCUT2D eigenvalue weighted by molar-refractivity contribution is 7.13. The lowest BCUT2D eigenvalue weighted by Gasteiger charge is -2.15. The van der Waals surface area contributed by atoms with Crippen molar-refractivity contribution in [1.29, 1.82) is 0 Å². The van der Waals surface area contributed by atoms with Gasteiger partial charge in [0.25, 0.3) is 0 Å². The Kier molecular flexibility index (Phi) is 3.57. The number of nitrogens with two attached hydrogens (primary N) is 2. The first-order valence-electron chi connectivity index (χ1n) is 6.59. The van der Waals surface area contributed by atoms with Gasteiger partial charge in [-0.15, -0.1) is 11.3 Å². The van der Waals surface area contributed by atoms with Crippen LogP contribution in [0.3, 0.4) is 0 Å². The first-order chi connectivity index (χ1) is 10.1. The van der Waals surface area contributed by atoms with E-state index in [0.717, 1.165) is 29.9 Å². The quantitative estimate of drug-likeness (QED) is 0.667.